The van der Waals surface area contributed by atoms with E-state index in [9.17, 15) is 9.59 Å². The Bertz CT molecular complexity index is 540. The SMILES string of the molecule is CCCCN(CC(=O)N(Cc1ccco1)C[C@H]1CCCO1)C(=O)COC. The van der Waals surface area contributed by atoms with Gasteiger partial charge < -0.3 is 23.7 Å². The first-order chi connectivity index (χ1) is 12.6. The van der Waals surface area contributed by atoms with Crippen molar-refractivity contribution in [2.75, 3.05) is 40.0 Å². The molecule has 0 radical (unpaired) electrons. The van der Waals surface area contributed by atoms with E-state index in [1.54, 1.807) is 22.1 Å². The Balaban J connectivity index is 2.02. The summed E-state index contributed by atoms with van der Waals surface area (Å²) < 4.78 is 16.0. The van der Waals surface area contributed by atoms with Gasteiger partial charge in [-0.05, 0) is 31.4 Å². The zero-order valence-corrected chi connectivity index (χ0v) is 15.8. The number of amides is 2. The molecule has 0 saturated carbocycles. The summed E-state index contributed by atoms with van der Waals surface area (Å²) in [5.41, 5.74) is 0. The lowest BCUT2D eigenvalue weighted by atomic mass is 10.2. The zero-order valence-electron chi connectivity index (χ0n) is 15.8. The van der Waals surface area contributed by atoms with Crippen LogP contribution in [-0.2, 0) is 25.6 Å². The minimum absolute atomic E-state index is 0.0130. The van der Waals surface area contributed by atoms with Gasteiger partial charge in [-0.2, -0.15) is 0 Å². The number of ether oxygens (including phenoxy) is 2. The van der Waals surface area contributed by atoms with Crippen molar-refractivity contribution >= 4 is 11.8 Å². The third-order valence-corrected chi connectivity index (χ3v) is 4.46. The summed E-state index contributed by atoms with van der Waals surface area (Å²) in [7, 11) is 1.48. The number of unbranched alkanes of at least 4 members (excludes halogenated alkanes) is 1. The number of methoxy groups -OCH3 is 1. The van der Waals surface area contributed by atoms with Crippen molar-refractivity contribution in [2.45, 2.75) is 45.3 Å². The maximum Gasteiger partial charge on any atom is 0.249 e. The van der Waals surface area contributed by atoms with Gasteiger partial charge in [-0.1, -0.05) is 13.3 Å². The highest BCUT2D eigenvalue weighted by Crippen LogP contribution is 2.16. The Labute approximate surface area is 155 Å². The highest BCUT2D eigenvalue weighted by Gasteiger charge is 2.26. The van der Waals surface area contributed by atoms with E-state index in [0.29, 0.717) is 19.6 Å². The van der Waals surface area contributed by atoms with Crippen LogP contribution >= 0.6 is 0 Å². The standard InChI is InChI=1S/C19H30N2O5/c1-3-4-9-20(19(23)15-24-2)14-18(22)21(12-16-7-5-10-25-16)13-17-8-6-11-26-17/h5,7,10,17H,3-4,6,8-9,11-15H2,1-2H3/t17-/m1/s1. The summed E-state index contributed by atoms with van der Waals surface area (Å²) in [6.45, 7) is 4.28. The van der Waals surface area contributed by atoms with Gasteiger partial charge in [0.1, 0.15) is 12.4 Å². The van der Waals surface area contributed by atoms with Crippen molar-refractivity contribution < 1.29 is 23.5 Å². The average Bonchev–Trinajstić information content (AvgIpc) is 3.32. The highest BCUT2D eigenvalue weighted by molar-refractivity contribution is 5.85. The number of nitrogens with zero attached hydrogens (tertiary/aromatic N) is 2. The van der Waals surface area contributed by atoms with Gasteiger partial charge >= 0.3 is 0 Å². The molecule has 0 aliphatic carbocycles. The second kappa shape index (κ2) is 11.0. The first-order valence-electron chi connectivity index (χ1n) is 9.32. The van der Waals surface area contributed by atoms with Gasteiger partial charge in [-0.3, -0.25) is 9.59 Å². The molecule has 7 nitrogen and oxygen atoms in total. The summed E-state index contributed by atoms with van der Waals surface area (Å²) in [5.74, 6) is 0.460. The van der Waals surface area contributed by atoms with Crippen LogP contribution in [0.1, 0.15) is 38.4 Å². The lowest BCUT2D eigenvalue weighted by Crippen LogP contribution is -2.46. The first kappa shape index (κ1) is 20.5. The molecule has 0 N–H and O–H groups in total. The maximum atomic E-state index is 12.9. The fourth-order valence-electron chi connectivity index (χ4n) is 3.00. The van der Waals surface area contributed by atoms with E-state index >= 15 is 0 Å². The van der Waals surface area contributed by atoms with Crippen LogP contribution in [0.15, 0.2) is 22.8 Å². The van der Waals surface area contributed by atoms with Crippen molar-refractivity contribution in [3.63, 3.8) is 0 Å². The molecule has 0 spiro atoms. The van der Waals surface area contributed by atoms with Gasteiger partial charge in [0.05, 0.1) is 25.5 Å². The largest absolute Gasteiger partial charge is 0.467 e. The first-order valence-corrected chi connectivity index (χ1v) is 9.32. The Morgan fingerprint density at radius 1 is 1.31 bits per heavy atom. The van der Waals surface area contributed by atoms with Gasteiger partial charge in [-0.15, -0.1) is 0 Å². The number of hydrogen-bond donors (Lipinski definition) is 0. The van der Waals surface area contributed by atoms with Crippen LogP contribution in [0.5, 0.6) is 0 Å². The van der Waals surface area contributed by atoms with Crippen LogP contribution in [-0.4, -0.2) is 67.7 Å². The summed E-state index contributed by atoms with van der Waals surface area (Å²) in [4.78, 5) is 28.5. The minimum Gasteiger partial charge on any atom is -0.467 e. The van der Waals surface area contributed by atoms with Gasteiger partial charge in [0.15, 0.2) is 0 Å². The smallest absolute Gasteiger partial charge is 0.249 e. The van der Waals surface area contributed by atoms with Crippen molar-refractivity contribution in [1.29, 1.82) is 0 Å². The van der Waals surface area contributed by atoms with E-state index in [0.717, 1.165) is 38.1 Å². The molecule has 1 aliphatic heterocycles. The molecule has 0 aromatic carbocycles. The van der Waals surface area contributed by atoms with E-state index in [1.807, 2.05) is 6.07 Å². The highest BCUT2D eigenvalue weighted by atomic mass is 16.5. The molecule has 1 fully saturated rings. The van der Waals surface area contributed by atoms with Crippen molar-refractivity contribution in [2.24, 2.45) is 0 Å². The molecule has 0 unspecified atom stereocenters. The van der Waals surface area contributed by atoms with E-state index < -0.39 is 0 Å². The second-order valence-corrected chi connectivity index (χ2v) is 6.59. The Hall–Kier alpha value is -1.86. The molecule has 1 aromatic heterocycles. The van der Waals surface area contributed by atoms with Gasteiger partial charge in [0, 0.05) is 26.8 Å². The van der Waals surface area contributed by atoms with Crippen LogP contribution in [0.25, 0.3) is 0 Å². The molecule has 1 aromatic rings. The predicted molar refractivity (Wildman–Crippen MR) is 96.5 cm³/mol. The molecule has 2 amide bonds. The topological polar surface area (TPSA) is 72.2 Å². The van der Waals surface area contributed by atoms with Gasteiger partial charge in [-0.25, -0.2) is 0 Å². The molecule has 1 atom stereocenters. The molecule has 26 heavy (non-hydrogen) atoms. The summed E-state index contributed by atoms with van der Waals surface area (Å²) in [5, 5.41) is 0. The quantitative estimate of drug-likeness (QED) is 0.599. The molecule has 2 rings (SSSR count). The van der Waals surface area contributed by atoms with Crippen molar-refractivity contribution in [3.8, 4) is 0 Å². The number of furan rings is 1. The van der Waals surface area contributed by atoms with Gasteiger partial charge in [0.2, 0.25) is 11.8 Å². The Kier molecular flexibility index (Phi) is 8.64. The van der Waals surface area contributed by atoms with Crippen molar-refractivity contribution in [3.05, 3.63) is 24.2 Å². The summed E-state index contributed by atoms with van der Waals surface area (Å²) in [6, 6.07) is 3.65. The van der Waals surface area contributed by atoms with E-state index in [4.69, 9.17) is 13.9 Å². The number of rotatable bonds is 11. The molecule has 0 bridgehead atoms. The van der Waals surface area contributed by atoms with Crippen molar-refractivity contribution in [1.82, 2.24) is 9.80 Å². The van der Waals surface area contributed by atoms with Crippen LogP contribution in [0.4, 0.5) is 0 Å². The van der Waals surface area contributed by atoms with Crippen LogP contribution in [0.3, 0.4) is 0 Å². The molecule has 1 aliphatic rings. The summed E-state index contributed by atoms with van der Waals surface area (Å²) in [6.07, 6.45) is 5.42. The number of hydrogen-bond acceptors (Lipinski definition) is 5. The predicted octanol–water partition coefficient (Wildman–Crippen LogP) is 2.06. The van der Waals surface area contributed by atoms with Crippen LogP contribution in [0.2, 0.25) is 0 Å². The molecular weight excluding hydrogens is 336 g/mol. The average molecular weight is 366 g/mol. The van der Waals surface area contributed by atoms with E-state index in [-0.39, 0.29) is 31.1 Å². The molecule has 7 heteroatoms. The maximum absolute atomic E-state index is 12.9. The fourth-order valence-corrected chi connectivity index (χ4v) is 3.00. The second-order valence-electron chi connectivity index (χ2n) is 6.59. The van der Waals surface area contributed by atoms with Crippen LogP contribution in [0, 0.1) is 0 Å². The summed E-state index contributed by atoms with van der Waals surface area (Å²) >= 11 is 0. The normalized spacial score (nSPS) is 16.6. The zero-order chi connectivity index (χ0) is 18.8. The lowest BCUT2D eigenvalue weighted by Gasteiger charge is -2.28. The lowest BCUT2D eigenvalue weighted by molar-refractivity contribution is -0.144. The molecular formula is C19H30N2O5. The third kappa shape index (κ3) is 6.46. The number of carbonyl (C=O) groups is 2. The van der Waals surface area contributed by atoms with E-state index in [1.165, 1.54) is 7.11 Å². The molecule has 2 heterocycles. The monoisotopic (exact) mass is 366 g/mol. The third-order valence-electron chi connectivity index (χ3n) is 4.46. The minimum atomic E-state index is -0.163. The van der Waals surface area contributed by atoms with Crippen LogP contribution < -0.4 is 0 Å². The number of carbonyl (C=O) groups excluding carboxylic acids is 2. The fraction of sp³-hybridized carbons (Fsp3) is 0.684. The Morgan fingerprint density at radius 3 is 2.77 bits per heavy atom. The van der Waals surface area contributed by atoms with E-state index in [2.05, 4.69) is 6.92 Å². The molecule has 146 valence electrons. The molecule has 1 saturated heterocycles. The van der Waals surface area contributed by atoms with Gasteiger partial charge in [0.25, 0.3) is 0 Å². The Morgan fingerprint density at radius 2 is 2.15 bits per heavy atom.